The summed E-state index contributed by atoms with van der Waals surface area (Å²) in [4.78, 5) is 48.7. The maximum Gasteiger partial charge on any atom is 0.290 e. The van der Waals surface area contributed by atoms with Crippen molar-refractivity contribution < 1.29 is 9.59 Å². The van der Waals surface area contributed by atoms with Crippen molar-refractivity contribution in [3.8, 4) is 0 Å². The number of imidazole rings is 1. The molecule has 1 aliphatic heterocycles. The van der Waals surface area contributed by atoms with E-state index in [0.29, 0.717) is 35.5 Å². The Morgan fingerprint density at radius 3 is 2.80 bits per heavy atom. The number of hydrogen-bond donors (Lipinski definition) is 2. The Labute approximate surface area is 141 Å². The van der Waals surface area contributed by atoms with E-state index in [-0.39, 0.29) is 17.9 Å². The van der Waals surface area contributed by atoms with Gasteiger partial charge in [-0.15, -0.1) is 0 Å². The van der Waals surface area contributed by atoms with Crippen molar-refractivity contribution in [2.45, 2.75) is 13.1 Å². The van der Waals surface area contributed by atoms with E-state index in [4.69, 9.17) is 5.73 Å². The molecule has 3 aromatic rings. The second-order valence-corrected chi connectivity index (χ2v) is 5.73. The molecule has 0 saturated heterocycles. The third kappa shape index (κ3) is 2.45. The summed E-state index contributed by atoms with van der Waals surface area (Å²) in [5, 5.41) is 0.430. The minimum absolute atomic E-state index is 0.0150. The zero-order valence-electron chi connectivity index (χ0n) is 13.1. The number of carbonyl (C=O) groups is 2. The lowest BCUT2D eigenvalue weighted by molar-refractivity contribution is 0.0694. The van der Waals surface area contributed by atoms with Crippen molar-refractivity contribution >= 4 is 22.7 Å². The molecule has 2 aromatic heterocycles. The van der Waals surface area contributed by atoms with Gasteiger partial charge in [-0.2, -0.15) is 0 Å². The number of nitrogens with one attached hydrogen (secondary N) is 1. The van der Waals surface area contributed by atoms with Crippen LogP contribution in [0.25, 0.3) is 10.9 Å². The highest BCUT2D eigenvalue weighted by molar-refractivity contribution is 5.93. The van der Waals surface area contributed by atoms with E-state index in [9.17, 15) is 14.4 Å². The molecule has 0 radical (unpaired) electrons. The molecule has 3 N–H and O–H groups in total. The number of carbonyl (C=O) groups excluding carboxylic acids is 2. The third-order valence-corrected chi connectivity index (χ3v) is 4.22. The molecular weight excluding hydrogens is 324 g/mol. The van der Waals surface area contributed by atoms with Crippen molar-refractivity contribution in [3.63, 3.8) is 0 Å². The number of amides is 2. The summed E-state index contributed by atoms with van der Waals surface area (Å²) in [5.41, 5.74) is 5.73. The summed E-state index contributed by atoms with van der Waals surface area (Å²) < 4.78 is 1.70. The molecule has 0 fully saturated rings. The molecule has 3 heterocycles. The number of aromatic amines is 1. The van der Waals surface area contributed by atoms with E-state index >= 15 is 0 Å². The first kappa shape index (κ1) is 15.1. The van der Waals surface area contributed by atoms with Gasteiger partial charge >= 0.3 is 0 Å². The van der Waals surface area contributed by atoms with Crippen molar-refractivity contribution in [2.75, 3.05) is 6.54 Å². The van der Waals surface area contributed by atoms with Crippen LogP contribution >= 0.6 is 0 Å². The minimum Gasteiger partial charge on any atom is -0.364 e. The highest BCUT2D eigenvalue weighted by atomic mass is 16.2. The van der Waals surface area contributed by atoms with Gasteiger partial charge in [0.25, 0.3) is 17.4 Å². The summed E-state index contributed by atoms with van der Waals surface area (Å²) in [6.07, 6.45) is 1.40. The molecular formula is C16H14N6O3. The summed E-state index contributed by atoms with van der Waals surface area (Å²) >= 11 is 0. The van der Waals surface area contributed by atoms with Crippen LogP contribution in [0.2, 0.25) is 0 Å². The number of rotatable bonds is 2. The lowest BCUT2D eigenvalue weighted by Gasteiger charge is -2.27. The second kappa shape index (κ2) is 5.55. The fourth-order valence-corrected chi connectivity index (χ4v) is 2.97. The average molecular weight is 338 g/mol. The molecule has 4 rings (SSSR count). The fourth-order valence-electron chi connectivity index (χ4n) is 2.97. The standard InChI is InChI=1S/C16H14N6O3/c17-13(23)11-7-18-12-8-21(5-6-22(11)12)16(25)14-19-10-4-2-1-3-9(10)15(24)20-14/h1-4,7H,5-6,8H2,(H2,17,23)(H,19,20,24). The predicted molar refractivity (Wildman–Crippen MR) is 87.8 cm³/mol. The van der Waals surface area contributed by atoms with Crippen molar-refractivity contribution in [1.82, 2.24) is 24.4 Å². The second-order valence-electron chi connectivity index (χ2n) is 5.73. The summed E-state index contributed by atoms with van der Waals surface area (Å²) in [6, 6.07) is 6.83. The summed E-state index contributed by atoms with van der Waals surface area (Å²) in [7, 11) is 0. The Morgan fingerprint density at radius 2 is 2.00 bits per heavy atom. The molecule has 1 aliphatic rings. The molecule has 25 heavy (non-hydrogen) atoms. The van der Waals surface area contributed by atoms with Gasteiger partial charge in [0.1, 0.15) is 11.5 Å². The van der Waals surface area contributed by atoms with Crippen LogP contribution in [0.4, 0.5) is 0 Å². The van der Waals surface area contributed by atoms with Crippen LogP contribution in [0.3, 0.4) is 0 Å². The number of aromatic nitrogens is 4. The van der Waals surface area contributed by atoms with Gasteiger partial charge < -0.3 is 20.2 Å². The molecule has 2 amide bonds. The van der Waals surface area contributed by atoms with Crippen LogP contribution in [0.1, 0.15) is 26.9 Å². The highest BCUT2D eigenvalue weighted by Gasteiger charge is 2.27. The Morgan fingerprint density at radius 1 is 1.20 bits per heavy atom. The lowest BCUT2D eigenvalue weighted by Crippen LogP contribution is -2.40. The molecule has 1 aromatic carbocycles. The van der Waals surface area contributed by atoms with Crippen molar-refractivity contribution in [2.24, 2.45) is 5.73 Å². The smallest absolute Gasteiger partial charge is 0.290 e. The van der Waals surface area contributed by atoms with E-state index in [1.807, 2.05) is 0 Å². The first-order chi connectivity index (χ1) is 12.0. The van der Waals surface area contributed by atoms with E-state index in [2.05, 4.69) is 15.0 Å². The molecule has 0 spiro atoms. The number of primary amides is 1. The Hall–Kier alpha value is -3.49. The maximum absolute atomic E-state index is 12.7. The number of para-hydroxylation sites is 1. The zero-order chi connectivity index (χ0) is 17.6. The molecule has 0 unspecified atom stereocenters. The van der Waals surface area contributed by atoms with Crippen molar-refractivity contribution in [1.29, 1.82) is 0 Å². The monoisotopic (exact) mass is 338 g/mol. The van der Waals surface area contributed by atoms with E-state index in [1.165, 1.54) is 11.1 Å². The Balaban J connectivity index is 1.66. The van der Waals surface area contributed by atoms with Gasteiger partial charge in [0.05, 0.1) is 23.6 Å². The van der Waals surface area contributed by atoms with Crippen LogP contribution in [-0.4, -0.2) is 42.8 Å². The molecule has 0 bridgehead atoms. The van der Waals surface area contributed by atoms with Gasteiger partial charge in [0.15, 0.2) is 5.82 Å². The van der Waals surface area contributed by atoms with E-state index in [0.717, 1.165) is 0 Å². The van der Waals surface area contributed by atoms with Crippen LogP contribution in [0.15, 0.2) is 35.3 Å². The largest absolute Gasteiger partial charge is 0.364 e. The van der Waals surface area contributed by atoms with Crippen LogP contribution < -0.4 is 11.3 Å². The zero-order valence-corrected chi connectivity index (χ0v) is 13.1. The van der Waals surface area contributed by atoms with Crippen LogP contribution in [0.5, 0.6) is 0 Å². The van der Waals surface area contributed by atoms with Gasteiger partial charge in [0.2, 0.25) is 0 Å². The molecule has 0 saturated carbocycles. The summed E-state index contributed by atoms with van der Waals surface area (Å²) in [5.74, 6) is -0.396. The number of hydrogen-bond acceptors (Lipinski definition) is 5. The average Bonchev–Trinajstić information content (AvgIpc) is 3.04. The normalized spacial score (nSPS) is 13.7. The SMILES string of the molecule is NC(=O)c1cnc2n1CCN(C(=O)c1nc3ccccc3c(=O)[nH]1)C2. The number of benzene rings is 1. The lowest BCUT2D eigenvalue weighted by atomic mass is 10.2. The van der Waals surface area contributed by atoms with E-state index in [1.54, 1.807) is 28.8 Å². The van der Waals surface area contributed by atoms with Crippen LogP contribution in [0, 0.1) is 0 Å². The topological polar surface area (TPSA) is 127 Å². The maximum atomic E-state index is 12.7. The van der Waals surface area contributed by atoms with Crippen LogP contribution in [-0.2, 0) is 13.1 Å². The quantitative estimate of drug-likeness (QED) is 0.673. The van der Waals surface area contributed by atoms with Gasteiger partial charge in [0, 0.05) is 13.1 Å². The Bertz CT molecular complexity index is 1070. The number of fused-ring (bicyclic) bond motifs is 2. The number of nitrogens with zero attached hydrogens (tertiary/aromatic N) is 4. The molecule has 9 nitrogen and oxygen atoms in total. The van der Waals surface area contributed by atoms with Gasteiger partial charge in [-0.05, 0) is 12.1 Å². The fraction of sp³-hybridized carbons (Fsp3) is 0.188. The number of nitrogens with two attached hydrogens (primary N) is 1. The summed E-state index contributed by atoms with van der Waals surface area (Å²) in [6.45, 7) is 0.971. The molecule has 126 valence electrons. The third-order valence-electron chi connectivity index (χ3n) is 4.22. The molecule has 0 aliphatic carbocycles. The highest BCUT2D eigenvalue weighted by Crippen LogP contribution is 2.16. The molecule has 9 heteroatoms. The molecule has 0 atom stereocenters. The van der Waals surface area contributed by atoms with Gasteiger partial charge in [-0.25, -0.2) is 9.97 Å². The first-order valence-electron chi connectivity index (χ1n) is 7.67. The predicted octanol–water partition coefficient (Wildman–Crippen LogP) is -0.126. The van der Waals surface area contributed by atoms with Crippen molar-refractivity contribution in [3.05, 3.63) is 58.2 Å². The number of H-pyrrole nitrogens is 1. The Kier molecular flexibility index (Phi) is 3.34. The van der Waals surface area contributed by atoms with Gasteiger partial charge in [-0.3, -0.25) is 14.4 Å². The minimum atomic E-state index is -0.556. The van der Waals surface area contributed by atoms with Gasteiger partial charge in [-0.1, -0.05) is 12.1 Å². The van der Waals surface area contributed by atoms with E-state index < -0.39 is 11.8 Å². The first-order valence-corrected chi connectivity index (χ1v) is 7.67.